The van der Waals surface area contributed by atoms with Gasteiger partial charge in [-0.05, 0) is 19.1 Å². The molecular weight excluding hydrogens is 176 g/mol. The van der Waals surface area contributed by atoms with Gasteiger partial charge in [-0.2, -0.15) is 4.99 Å². The Balaban J connectivity index is 2.94. The average Bonchev–Trinajstić information content (AvgIpc) is 2.05. The van der Waals surface area contributed by atoms with Crippen LogP contribution < -0.4 is 0 Å². The Bertz CT molecular complexity index is 321. The van der Waals surface area contributed by atoms with Gasteiger partial charge in [0.15, 0.2) is 0 Å². The van der Waals surface area contributed by atoms with E-state index in [1.54, 1.807) is 25.1 Å². The van der Waals surface area contributed by atoms with Crippen LogP contribution in [0, 0.1) is 0 Å². The fourth-order valence-corrected chi connectivity index (χ4v) is 0.972. The van der Waals surface area contributed by atoms with Crippen LogP contribution in [0.1, 0.15) is 18.7 Å². The third kappa shape index (κ3) is 2.16. The van der Waals surface area contributed by atoms with E-state index in [0.29, 0.717) is 10.8 Å². The Hall–Kier alpha value is -1.18. The van der Waals surface area contributed by atoms with E-state index < -0.39 is 0 Å². The zero-order valence-corrected chi connectivity index (χ0v) is 7.25. The molecular formula is C8H7ClN2O. The molecule has 3 nitrogen and oxygen atoms in total. The summed E-state index contributed by atoms with van der Waals surface area (Å²) in [5.41, 5.74) is 0.672. The van der Waals surface area contributed by atoms with E-state index in [2.05, 4.69) is 9.98 Å². The lowest BCUT2D eigenvalue weighted by Gasteiger charge is -2.01. The lowest BCUT2D eigenvalue weighted by Crippen LogP contribution is -1.92. The second-order valence-electron chi connectivity index (χ2n) is 2.28. The molecule has 0 fully saturated rings. The van der Waals surface area contributed by atoms with E-state index in [4.69, 9.17) is 11.6 Å². The summed E-state index contributed by atoms with van der Waals surface area (Å²) in [6, 6.07) is 4.92. The molecule has 0 radical (unpaired) electrons. The smallest absolute Gasteiger partial charge is 0.235 e. The standard InChI is InChI=1S/C8H7ClN2O/c1-6(10-5-12)7-3-2-4-8(9)11-7/h2-4,6H,1H3. The van der Waals surface area contributed by atoms with Gasteiger partial charge in [0.05, 0.1) is 5.69 Å². The van der Waals surface area contributed by atoms with Gasteiger partial charge in [0.2, 0.25) is 6.08 Å². The van der Waals surface area contributed by atoms with Crippen molar-refractivity contribution in [3.8, 4) is 0 Å². The first-order valence-corrected chi connectivity index (χ1v) is 3.81. The van der Waals surface area contributed by atoms with Crippen LogP contribution in [0.25, 0.3) is 0 Å². The highest BCUT2D eigenvalue weighted by Gasteiger charge is 2.03. The molecule has 1 atom stereocenters. The van der Waals surface area contributed by atoms with Crippen molar-refractivity contribution in [3.05, 3.63) is 29.0 Å². The molecule has 0 aliphatic heterocycles. The molecule has 0 spiro atoms. The molecule has 1 rings (SSSR count). The summed E-state index contributed by atoms with van der Waals surface area (Å²) in [6.07, 6.45) is 1.48. The molecule has 4 heteroatoms. The SMILES string of the molecule is CC(N=C=O)c1cccc(Cl)n1. The summed E-state index contributed by atoms with van der Waals surface area (Å²) in [6.45, 7) is 1.75. The van der Waals surface area contributed by atoms with Crippen LogP contribution in [0.15, 0.2) is 23.2 Å². The van der Waals surface area contributed by atoms with Crippen LogP contribution in [-0.4, -0.2) is 11.1 Å². The molecule has 1 aromatic heterocycles. The molecule has 12 heavy (non-hydrogen) atoms. The van der Waals surface area contributed by atoms with Crippen molar-refractivity contribution in [2.45, 2.75) is 13.0 Å². The highest BCUT2D eigenvalue weighted by atomic mass is 35.5. The molecule has 1 heterocycles. The number of carbonyl (C=O) groups excluding carboxylic acids is 1. The van der Waals surface area contributed by atoms with Crippen molar-refractivity contribution in [1.82, 2.24) is 4.98 Å². The molecule has 1 unspecified atom stereocenters. The van der Waals surface area contributed by atoms with Gasteiger partial charge < -0.3 is 0 Å². The maximum absolute atomic E-state index is 9.92. The fourth-order valence-electron chi connectivity index (χ4n) is 0.802. The van der Waals surface area contributed by atoms with E-state index >= 15 is 0 Å². The number of nitrogens with zero attached hydrogens (tertiary/aromatic N) is 2. The number of hydrogen-bond donors (Lipinski definition) is 0. The number of aromatic nitrogens is 1. The summed E-state index contributed by atoms with van der Waals surface area (Å²) in [5.74, 6) is 0. The number of hydrogen-bond acceptors (Lipinski definition) is 3. The molecule has 62 valence electrons. The zero-order chi connectivity index (χ0) is 8.97. The highest BCUT2D eigenvalue weighted by Crippen LogP contribution is 2.15. The largest absolute Gasteiger partial charge is 0.239 e. The van der Waals surface area contributed by atoms with Gasteiger partial charge >= 0.3 is 0 Å². The van der Waals surface area contributed by atoms with Crippen molar-refractivity contribution in [2.75, 3.05) is 0 Å². The zero-order valence-electron chi connectivity index (χ0n) is 6.49. The van der Waals surface area contributed by atoms with E-state index in [9.17, 15) is 4.79 Å². The molecule has 0 amide bonds. The summed E-state index contributed by atoms with van der Waals surface area (Å²) in [4.78, 5) is 17.4. The Morgan fingerprint density at radius 2 is 2.42 bits per heavy atom. The van der Waals surface area contributed by atoms with Gasteiger partial charge in [-0.1, -0.05) is 17.7 Å². The fraction of sp³-hybridized carbons (Fsp3) is 0.250. The first-order valence-electron chi connectivity index (χ1n) is 3.43. The van der Waals surface area contributed by atoms with Crippen molar-refractivity contribution < 1.29 is 4.79 Å². The maximum atomic E-state index is 9.92. The van der Waals surface area contributed by atoms with Crippen molar-refractivity contribution in [2.24, 2.45) is 4.99 Å². The first-order chi connectivity index (χ1) is 5.74. The summed E-state index contributed by atoms with van der Waals surface area (Å²) in [7, 11) is 0. The predicted molar refractivity (Wildman–Crippen MR) is 45.8 cm³/mol. The third-order valence-corrected chi connectivity index (χ3v) is 1.62. The lowest BCUT2D eigenvalue weighted by atomic mass is 10.2. The Morgan fingerprint density at radius 3 is 3.00 bits per heavy atom. The van der Waals surface area contributed by atoms with E-state index in [-0.39, 0.29) is 6.04 Å². The normalized spacial score (nSPS) is 11.8. The molecule has 0 aliphatic rings. The van der Waals surface area contributed by atoms with Gasteiger partial charge in [-0.25, -0.2) is 9.78 Å². The van der Waals surface area contributed by atoms with Crippen LogP contribution in [-0.2, 0) is 4.79 Å². The van der Waals surface area contributed by atoms with Crippen molar-refractivity contribution in [1.29, 1.82) is 0 Å². The third-order valence-electron chi connectivity index (χ3n) is 1.41. The van der Waals surface area contributed by atoms with E-state index in [1.165, 1.54) is 6.08 Å². The Morgan fingerprint density at radius 1 is 1.67 bits per heavy atom. The molecule has 0 aromatic carbocycles. The van der Waals surface area contributed by atoms with Gasteiger partial charge in [-0.15, -0.1) is 0 Å². The predicted octanol–water partition coefficient (Wildman–Crippen LogP) is 2.13. The van der Waals surface area contributed by atoms with Crippen molar-refractivity contribution >= 4 is 17.7 Å². The molecule has 0 saturated heterocycles. The topological polar surface area (TPSA) is 42.3 Å². The minimum Gasteiger partial charge on any atom is -0.239 e. The van der Waals surface area contributed by atoms with E-state index in [1.807, 2.05) is 0 Å². The van der Waals surface area contributed by atoms with Gasteiger partial charge in [0, 0.05) is 0 Å². The van der Waals surface area contributed by atoms with Crippen molar-refractivity contribution in [3.63, 3.8) is 0 Å². The minimum absolute atomic E-state index is 0.277. The molecule has 0 bridgehead atoms. The van der Waals surface area contributed by atoms with E-state index in [0.717, 1.165) is 0 Å². The highest BCUT2D eigenvalue weighted by molar-refractivity contribution is 6.29. The van der Waals surface area contributed by atoms with Crippen LogP contribution in [0.5, 0.6) is 0 Å². The number of isocyanates is 1. The number of pyridine rings is 1. The Labute approximate surface area is 75.1 Å². The Kier molecular flexibility index (Phi) is 2.97. The molecule has 1 aromatic rings. The van der Waals surface area contributed by atoms with Crippen LogP contribution in [0.2, 0.25) is 5.15 Å². The van der Waals surface area contributed by atoms with Gasteiger partial charge in [0.1, 0.15) is 11.2 Å². The molecule has 0 aliphatic carbocycles. The second kappa shape index (κ2) is 4.00. The first kappa shape index (κ1) is 8.91. The lowest BCUT2D eigenvalue weighted by molar-refractivity contribution is 0.559. The quantitative estimate of drug-likeness (QED) is 0.400. The second-order valence-corrected chi connectivity index (χ2v) is 2.67. The average molecular weight is 183 g/mol. The number of aliphatic imine (C=N–C) groups is 1. The number of rotatable bonds is 2. The summed E-state index contributed by atoms with van der Waals surface area (Å²) >= 11 is 5.64. The number of halogens is 1. The van der Waals surface area contributed by atoms with Crippen LogP contribution in [0.4, 0.5) is 0 Å². The summed E-state index contributed by atoms with van der Waals surface area (Å²) in [5, 5.41) is 0.403. The van der Waals surface area contributed by atoms with Crippen LogP contribution in [0.3, 0.4) is 0 Å². The minimum atomic E-state index is -0.277. The van der Waals surface area contributed by atoms with Crippen LogP contribution >= 0.6 is 11.6 Å². The monoisotopic (exact) mass is 182 g/mol. The molecule has 0 N–H and O–H groups in total. The van der Waals surface area contributed by atoms with Gasteiger partial charge in [0.25, 0.3) is 0 Å². The maximum Gasteiger partial charge on any atom is 0.235 e. The molecule has 0 saturated carbocycles. The van der Waals surface area contributed by atoms with Gasteiger partial charge in [-0.3, -0.25) is 0 Å². The summed E-state index contributed by atoms with van der Waals surface area (Å²) < 4.78 is 0.